The van der Waals surface area contributed by atoms with Gasteiger partial charge in [0.1, 0.15) is 15.8 Å². The van der Waals surface area contributed by atoms with E-state index in [9.17, 15) is 9.59 Å². The summed E-state index contributed by atoms with van der Waals surface area (Å²) >= 11 is 6.65. The topological polar surface area (TPSA) is 66.7 Å². The Morgan fingerprint density at radius 3 is 2.67 bits per heavy atom. The molecule has 0 saturated carbocycles. The quantitative estimate of drug-likeness (QED) is 0.471. The maximum absolute atomic E-state index is 13.1. The normalized spacial score (nSPS) is 15.4. The highest BCUT2D eigenvalue weighted by atomic mass is 32.2. The van der Waals surface area contributed by atoms with Crippen molar-refractivity contribution >= 4 is 51.7 Å². The summed E-state index contributed by atoms with van der Waals surface area (Å²) < 4.78 is 1.98. The molecule has 1 aliphatic heterocycles. The SMILES string of the molecule is CCNc1nc2ccccn2c(=O)c1C=C1SC(=S)N(CCc2ccccc2)C1=O. The van der Waals surface area contributed by atoms with Crippen LogP contribution in [0, 0.1) is 0 Å². The number of rotatable bonds is 6. The van der Waals surface area contributed by atoms with Gasteiger partial charge >= 0.3 is 0 Å². The van der Waals surface area contributed by atoms with Crippen LogP contribution < -0.4 is 10.9 Å². The summed E-state index contributed by atoms with van der Waals surface area (Å²) in [7, 11) is 0. The van der Waals surface area contributed by atoms with E-state index in [0.717, 1.165) is 5.56 Å². The molecule has 1 aromatic carbocycles. The number of nitrogens with one attached hydrogen (secondary N) is 1. The molecule has 1 N–H and O–H groups in total. The number of anilines is 1. The predicted molar refractivity (Wildman–Crippen MR) is 126 cm³/mol. The molecular weight excluding hydrogens is 416 g/mol. The first-order valence-corrected chi connectivity index (χ1v) is 10.9. The lowest BCUT2D eigenvalue weighted by Gasteiger charge is -2.14. The lowest BCUT2D eigenvalue weighted by molar-refractivity contribution is -0.122. The summed E-state index contributed by atoms with van der Waals surface area (Å²) in [6.07, 6.45) is 3.99. The van der Waals surface area contributed by atoms with Crippen LogP contribution in [0.5, 0.6) is 0 Å². The van der Waals surface area contributed by atoms with E-state index in [1.54, 1.807) is 29.3 Å². The van der Waals surface area contributed by atoms with Gasteiger partial charge in [-0.1, -0.05) is 60.4 Å². The predicted octanol–water partition coefficient (Wildman–Crippen LogP) is 3.57. The number of pyridine rings is 1. The molecule has 6 nitrogen and oxygen atoms in total. The molecule has 152 valence electrons. The summed E-state index contributed by atoms with van der Waals surface area (Å²) in [6, 6.07) is 15.3. The first-order chi connectivity index (χ1) is 14.6. The van der Waals surface area contributed by atoms with Gasteiger partial charge in [-0.3, -0.25) is 18.9 Å². The minimum Gasteiger partial charge on any atom is -0.370 e. The molecule has 4 rings (SSSR count). The Kier molecular flexibility index (Phi) is 5.96. The zero-order valence-electron chi connectivity index (χ0n) is 16.4. The lowest BCUT2D eigenvalue weighted by Crippen LogP contribution is -2.30. The third-order valence-electron chi connectivity index (χ3n) is 4.73. The average molecular weight is 437 g/mol. The van der Waals surface area contributed by atoms with Crippen molar-refractivity contribution in [3.8, 4) is 0 Å². The van der Waals surface area contributed by atoms with Gasteiger partial charge < -0.3 is 5.32 Å². The van der Waals surface area contributed by atoms with E-state index in [0.29, 0.717) is 45.8 Å². The van der Waals surface area contributed by atoms with Crippen molar-refractivity contribution in [1.82, 2.24) is 14.3 Å². The van der Waals surface area contributed by atoms with Crippen LogP contribution in [0.15, 0.2) is 64.4 Å². The van der Waals surface area contributed by atoms with Crippen molar-refractivity contribution in [2.45, 2.75) is 13.3 Å². The monoisotopic (exact) mass is 436 g/mol. The second kappa shape index (κ2) is 8.81. The van der Waals surface area contributed by atoms with Crippen molar-refractivity contribution in [2.24, 2.45) is 0 Å². The number of carbonyl (C=O) groups is 1. The molecule has 0 bridgehead atoms. The standard InChI is InChI=1S/C22H20N4O2S2/c1-2-23-19-16(20(27)25-12-7-6-10-18(25)24-19)14-17-21(28)26(22(29)30-17)13-11-15-8-4-3-5-9-15/h3-10,12,14,23H,2,11,13H2,1H3. The molecule has 3 heterocycles. The van der Waals surface area contributed by atoms with Crippen LogP contribution in [0.1, 0.15) is 18.1 Å². The first-order valence-electron chi connectivity index (χ1n) is 9.63. The fourth-order valence-electron chi connectivity index (χ4n) is 3.24. The Hall–Kier alpha value is -2.97. The van der Waals surface area contributed by atoms with Crippen molar-refractivity contribution < 1.29 is 4.79 Å². The van der Waals surface area contributed by atoms with E-state index in [1.165, 1.54) is 16.2 Å². The third kappa shape index (κ3) is 4.01. The van der Waals surface area contributed by atoms with Gasteiger partial charge in [0.25, 0.3) is 11.5 Å². The number of aromatic nitrogens is 2. The zero-order chi connectivity index (χ0) is 21.1. The minimum absolute atomic E-state index is 0.180. The second-order valence-electron chi connectivity index (χ2n) is 6.71. The van der Waals surface area contributed by atoms with Gasteiger partial charge in [0.2, 0.25) is 0 Å². The number of nitrogens with zero attached hydrogens (tertiary/aromatic N) is 3. The zero-order valence-corrected chi connectivity index (χ0v) is 18.0. The van der Waals surface area contributed by atoms with E-state index >= 15 is 0 Å². The smallest absolute Gasteiger partial charge is 0.267 e. The van der Waals surface area contributed by atoms with E-state index in [-0.39, 0.29) is 11.5 Å². The molecular formula is C22H20N4O2S2. The van der Waals surface area contributed by atoms with Gasteiger partial charge in [-0.05, 0) is 37.1 Å². The molecule has 8 heteroatoms. The molecule has 0 atom stereocenters. The van der Waals surface area contributed by atoms with Gasteiger partial charge in [-0.15, -0.1) is 0 Å². The van der Waals surface area contributed by atoms with Crippen LogP contribution in [0.2, 0.25) is 0 Å². The summed E-state index contributed by atoms with van der Waals surface area (Å²) in [6.45, 7) is 3.04. The molecule has 0 unspecified atom stereocenters. The van der Waals surface area contributed by atoms with E-state index in [4.69, 9.17) is 12.2 Å². The summed E-state index contributed by atoms with van der Waals surface area (Å²) in [5, 5.41) is 3.13. The number of hydrogen-bond donors (Lipinski definition) is 1. The summed E-state index contributed by atoms with van der Waals surface area (Å²) in [5.41, 5.74) is 1.81. The second-order valence-corrected chi connectivity index (χ2v) is 8.38. The summed E-state index contributed by atoms with van der Waals surface area (Å²) in [4.78, 5) is 32.6. The van der Waals surface area contributed by atoms with Crippen LogP contribution in [-0.2, 0) is 11.2 Å². The molecule has 0 radical (unpaired) electrons. The molecule has 1 amide bonds. The molecule has 2 aromatic heterocycles. The third-order valence-corrected chi connectivity index (χ3v) is 6.11. The number of thioether (sulfide) groups is 1. The molecule has 1 aliphatic rings. The molecule has 1 saturated heterocycles. The van der Waals surface area contributed by atoms with Gasteiger partial charge in [0, 0.05) is 19.3 Å². The number of amides is 1. The molecule has 30 heavy (non-hydrogen) atoms. The maximum Gasteiger partial charge on any atom is 0.267 e. The van der Waals surface area contributed by atoms with E-state index in [2.05, 4.69) is 10.3 Å². The van der Waals surface area contributed by atoms with Crippen molar-refractivity contribution in [3.05, 3.63) is 81.1 Å². The maximum atomic E-state index is 13.1. The van der Waals surface area contributed by atoms with Crippen LogP contribution in [0.25, 0.3) is 11.7 Å². The van der Waals surface area contributed by atoms with Gasteiger partial charge in [-0.25, -0.2) is 4.98 Å². The fourth-order valence-corrected chi connectivity index (χ4v) is 4.53. The Bertz CT molecular complexity index is 1200. The van der Waals surface area contributed by atoms with Crippen LogP contribution in [0.3, 0.4) is 0 Å². The molecule has 0 spiro atoms. The number of benzene rings is 1. The number of hydrogen-bond acceptors (Lipinski definition) is 6. The van der Waals surface area contributed by atoms with Gasteiger partial charge in [0.05, 0.1) is 10.5 Å². The largest absolute Gasteiger partial charge is 0.370 e. The van der Waals surface area contributed by atoms with Crippen LogP contribution in [0.4, 0.5) is 5.82 Å². The Morgan fingerprint density at radius 2 is 1.90 bits per heavy atom. The highest BCUT2D eigenvalue weighted by Crippen LogP contribution is 2.33. The highest BCUT2D eigenvalue weighted by Gasteiger charge is 2.32. The lowest BCUT2D eigenvalue weighted by atomic mass is 10.1. The van der Waals surface area contributed by atoms with E-state index < -0.39 is 0 Å². The number of thiocarbonyl (C=S) groups is 1. The van der Waals surface area contributed by atoms with Gasteiger partial charge in [0.15, 0.2) is 0 Å². The van der Waals surface area contributed by atoms with Crippen molar-refractivity contribution in [3.63, 3.8) is 0 Å². The van der Waals surface area contributed by atoms with Crippen LogP contribution in [-0.4, -0.2) is 37.6 Å². The minimum atomic E-state index is -0.230. The number of fused-ring (bicyclic) bond motifs is 1. The molecule has 0 aliphatic carbocycles. The number of carbonyl (C=O) groups excluding carboxylic acids is 1. The fraction of sp³-hybridized carbons (Fsp3) is 0.182. The summed E-state index contributed by atoms with van der Waals surface area (Å²) in [5.74, 6) is 0.282. The Labute approximate surface area is 183 Å². The average Bonchev–Trinajstić information content (AvgIpc) is 3.03. The Morgan fingerprint density at radius 1 is 1.13 bits per heavy atom. The Balaban J connectivity index is 1.66. The molecule has 3 aromatic rings. The first kappa shape index (κ1) is 20.3. The van der Waals surface area contributed by atoms with Crippen molar-refractivity contribution in [1.29, 1.82) is 0 Å². The van der Waals surface area contributed by atoms with Crippen LogP contribution >= 0.6 is 24.0 Å². The van der Waals surface area contributed by atoms with E-state index in [1.807, 2.05) is 43.3 Å². The van der Waals surface area contributed by atoms with Crippen molar-refractivity contribution in [2.75, 3.05) is 18.4 Å². The molecule has 1 fully saturated rings. The highest BCUT2D eigenvalue weighted by molar-refractivity contribution is 8.26. The van der Waals surface area contributed by atoms with Gasteiger partial charge in [-0.2, -0.15) is 0 Å².